The second-order valence-electron chi connectivity index (χ2n) is 7.52. The highest BCUT2D eigenvalue weighted by molar-refractivity contribution is 5.97. The molecule has 0 spiro atoms. The van der Waals surface area contributed by atoms with E-state index in [1.807, 2.05) is 12.1 Å². The Morgan fingerprint density at radius 3 is 2.49 bits per heavy atom. The number of nitrogens with one attached hydrogen (secondary N) is 1. The SMILES string of the molecule is COc1ccc(-c2nnc3ccc(OCCNC(=O)CCC(=O)c4ccccc4)nn23)cc1OC. The molecule has 0 atom stereocenters. The van der Waals surface area contributed by atoms with Gasteiger partial charge in [-0.25, -0.2) is 0 Å². The van der Waals surface area contributed by atoms with Crippen molar-refractivity contribution in [2.45, 2.75) is 12.8 Å². The minimum atomic E-state index is -0.212. The number of fused-ring (bicyclic) bond motifs is 1. The van der Waals surface area contributed by atoms with Crippen LogP contribution in [0, 0.1) is 0 Å². The van der Waals surface area contributed by atoms with Gasteiger partial charge in [0.25, 0.3) is 0 Å². The summed E-state index contributed by atoms with van der Waals surface area (Å²) in [5, 5.41) is 15.6. The maximum atomic E-state index is 12.1. The zero-order valence-corrected chi connectivity index (χ0v) is 19.4. The summed E-state index contributed by atoms with van der Waals surface area (Å²) in [5.41, 5.74) is 1.90. The molecule has 0 unspecified atom stereocenters. The molecule has 0 aliphatic heterocycles. The lowest BCUT2D eigenvalue weighted by molar-refractivity contribution is -0.121. The van der Waals surface area contributed by atoms with Gasteiger partial charge in [0.2, 0.25) is 11.8 Å². The molecule has 2 aromatic carbocycles. The van der Waals surface area contributed by atoms with E-state index in [1.165, 1.54) is 0 Å². The van der Waals surface area contributed by atoms with Gasteiger partial charge in [0.05, 0.1) is 20.8 Å². The van der Waals surface area contributed by atoms with Crippen molar-refractivity contribution < 1.29 is 23.8 Å². The van der Waals surface area contributed by atoms with E-state index in [-0.39, 0.29) is 37.7 Å². The van der Waals surface area contributed by atoms with Crippen LogP contribution in [0.5, 0.6) is 17.4 Å². The molecule has 2 heterocycles. The molecular formula is C25H25N5O5. The Labute approximate surface area is 201 Å². The highest BCUT2D eigenvalue weighted by Crippen LogP contribution is 2.31. The summed E-state index contributed by atoms with van der Waals surface area (Å²) >= 11 is 0. The van der Waals surface area contributed by atoms with Crippen LogP contribution in [0.1, 0.15) is 23.2 Å². The van der Waals surface area contributed by atoms with E-state index >= 15 is 0 Å². The predicted octanol–water partition coefficient (Wildman–Crippen LogP) is 2.97. The number of hydrogen-bond acceptors (Lipinski definition) is 8. The number of rotatable bonds is 11. The largest absolute Gasteiger partial charge is 0.493 e. The maximum Gasteiger partial charge on any atom is 0.231 e. The Morgan fingerprint density at radius 2 is 1.71 bits per heavy atom. The highest BCUT2D eigenvalue weighted by Gasteiger charge is 2.14. The Bertz CT molecular complexity index is 1320. The molecule has 0 bridgehead atoms. The van der Waals surface area contributed by atoms with Crippen LogP contribution in [0.15, 0.2) is 60.7 Å². The van der Waals surface area contributed by atoms with Crippen LogP contribution >= 0.6 is 0 Å². The van der Waals surface area contributed by atoms with E-state index < -0.39 is 0 Å². The molecule has 180 valence electrons. The average Bonchev–Trinajstić information content (AvgIpc) is 3.33. The van der Waals surface area contributed by atoms with Crippen molar-refractivity contribution >= 4 is 17.3 Å². The molecule has 0 saturated heterocycles. The number of hydrogen-bond donors (Lipinski definition) is 1. The zero-order chi connectivity index (χ0) is 24.6. The molecule has 0 aliphatic carbocycles. The number of ketones is 1. The summed E-state index contributed by atoms with van der Waals surface area (Å²) in [5.74, 6) is 1.77. The van der Waals surface area contributed by atoms with Crippen molar-refractivity contribution in [1.29, 1.82) is 0 Å². The minimum absolute atomic E-state index is 0.0614. The lowest BCUT2D eigenvalue weighted by Gasteiger charge is -2.09. The van der Waals surface area contributed by atoms with Gasteiger partial charge in [-0.15, -0.1) is 15.3 Å². The number of methoxy groups -OCH3 is 2. The monoisotopic (exact) mass is 475 g/mol. The second-order valence-corrected chi connectivity index (χ2v) is 7.52. The van der Waals surface area contributed by atoms with Crippen molar-refractivity contribution in [3.05, 3.63) is 66.2 Å². The summed E-state index contributed by atoms with van der Waals surface area (Å²) in [4.78, 5) is 24.2. The Morgan fingerprint density at radius 1 is 0.914 bits per heavy atom. The van der Waals surface area contributed by atoms with Crippen LogP contribution in [0.4, 0.5) is 0 Å². The van der Waals surface area contributed by atoms with Crippen LogP contribution < -0.4 is 19.5 Å². The Hall–Kier alpha value is -4.47. The number of benzene rings is 2. The standard InChI is InChI=1S/C25H25N5O5/c1-33-20-10-8-18(16-21(20)34-2)25-28-27-22-11-13-24(29-30(22)25)35-15-14-26-23(32)12-9-19(31)17-6-4-3-5-7-17/h3-8,10-11,13,16H,9,12,14-15H2,1-2H3,(H,26,32). The van der Waals surface area contributed by atoms with E-state index in [4.69, 9.17) is 14.2 Å². The third-order valence-corrected chi connectivity index (χ3v) is 5.23. The lowest BCUT2D eigenvalue weighted by atomic mass is 10.1. The van der Waals surface area contributed by atoms with Crippen molar-refractivity contribution in [3.63, 3.8) is 0 Å². The summed E-state index contributed by atoms with van der Waals surface area (Å²) in [6, 6.07) is 17.8. The third-order valence-electron chi connectivity index (χ3n) is 5.23. The summed E-state index contributed by atoms with van der Waals surface area (Å²) < 4.78 is 17.9. The Balaban J connectivity index is 1.31. The van der Waals surface area contributed by atoms with Crippen molar-refractivity contribution in [3.8, 4) is 28.8 Å². The van der Waals surface area contributed by atoms with Crippen molar-refractivity contribution in [2.24, 2.45) is 0 Å². The highest BCUT2D eigenvalue weighted by atomic mass is 16.5. The molecule has 0 aliphatic rings. The fraction of sp³-hybridized carbons (Fsp3) is 0.240. The van der Waals surface area contributed by atoms with Gasteiger partial charge in [-0.1, -0.05) is 30.3 Å². The third kappa shape index (κ3) is 5.72. The van der Waals surface area contributed by atoms with Gasteiger partial charge >= 0.3 is 0 Å². The molecule has 10 heteroatoms. The number of nitrogens with zero attached hydrogens (tertiary/aromatic N) is 4. The van der Waals surface area contributed by atoms with E-state index in [9.17, 15) is 9.59 Å². The fourth-order valence-corrected chi connectivity index (χ4v) is 3.43. The molecule has 0 radical (unpaired) electrons. The quantitative estimate of drug-likeness (QED) is 0.260. The van der Waals surface area contributed by atoms with Crippen LogP contribution in [-0.4, -0.2) is 58.9 Å². The zero-order valence-electron chi connectivity index (χ0n) is 19.4. The summed E-state index contributed by atoms with van der Waals surface area (Å²) in [6.45, 7) is 0.494. The normalized spacial score (nSPS) is 10.7. The average molecular weight is 476 g/mol. The van der Waals surface area contributed by atoms with Gasteiger partial charge in [0, 0.05) is 30.0 Å². The van der Waals surface area contributed by atoms with E-state index in [1.54, 1.807) is 67.3 Å². The Kier molecular flexibility index (Phi) is 7.51. The molecular weight excluding hydrogens is 450 g/mol. The maximum absolute atomic E-state index is 12.1. The first-order valence-electron chi connectivity index (χ1n) is 11.0. The molecule has 35 heavy (non-hydrogen) atoms. The molecule has 10 nitrogen and oxygen atoms in total. The predicted molar refractivity (Wildman–Crippen MR) is 128 cm³/mol. The first-order chi connectivity index (χ1) is 17.1. The first-order valence-corrected chi connectivity index (χ1v) is 11.0. The van der Waals surface area contributed by atoms with Crippen molar-refractivity contribution in [2.75, 3.05) is 27.4 Å². The first kappa shape index (κ1) is 23.7. The molecule has 0 saturated carbocycles. The van der Waals surface area contributed by atoms with E-state index in [2.05, 4.69) is 20.6 Å². The van der Waals surface area contributed by atoms with Gasteiger partial charge in [-0.3, -0.25) is 9.59 Å². The van der Waals surface area contributed by atoms with Gasteiger partial charge in [0.15, 0.2) is 28.8 Å². The van der Waals surface area contributed by atoms with E-state index in [0.717, 1.165) is 5.56 Å². The van der Waals surface area contributed by atoms with Gasteiger partial charge < -0.3 is 19.5 Å². The number of amides is 1. The second kappa shape index (κ2) is 11.1. The minimum Gasteiger partial charge on any atom is -0.493 e. The number of ether oxygens (including phenoxy) is 3. The van der Waals surface area contributed by atoms with Gasteiger partial charge in [-0.05, 0) is 24.3 Å². The summed E-state index contributed by atoms with van der Waals surface area (Å²) in [7, 11) is 3.13. The molecule has 0 fully saturated rings. The van der Waals surface area contributed by atoms with Crippen LogP contribution in [0.25, 0.3) is 17.0 Å². The number of carbonyl (C=O) groups is 2. The lowest BCUT2D eigenvalue weighted by Crippen LogP contribution is -2.28. The van der Waals surface area contributed by atoms with Gasteiger partial charge in [0.1, 0.15) is 6.61 Å². The van der Waals surface area contributed by atoms with Crippen LogP contribution in [0.3, 0.4) is 0 Å². The van der Waals surface area contributed by atoms with Crippen LogP contribution in [0.2, 0.25) is 0 Å². The fourth-order valence-electron chi connectivity index (χ4n) is 3.43. The molecule has 1 N–H and O–H groups in total. The van der Waals surface area contributed by atoms with Crippen molar-refractivity contribution in [1.82, 2.24) is 25.1 Å². The van der Waals surface area contributed by atoms with Crippen LogP contribution in [-0.2, 0) is 4.79 Å². The molecule has 1 amide bonds. The number of aromatic nitrogens is 4. The molecule has 4 aromatic rings. The topological polar surface area (TPSA) is 117 Å². The van der Waals surface area contributed by atoms with Gasteiger partial charge in [-0.2, -0.15) is 4.52 Å². The molecule has 2 aromatic heterocycles. The molecule has 4 rings (SSSR count). The summed E-state index contributed by atoms with van der Waals surface area (Å²) in [6.07, 6.45) is 0.273. The number of Topliss-reactive ketones (excluding diaryl/α,β-unsaturated/α-hetero) is 1. The smallest absolute Gasteiger partial charge is 0.231 e. The number of carbonyl (C=O) groups excluding carboxylic acids is 2. The van der Waals surface area contributed by atoms with E-state index in [0.29, 0.717) is 34.4 Å².